The van der Waals surface area contributed by atoms with E-state index in [1.165, 1.54) is 34.7 Å². The zero-order valence-corrected chi connectivity index (χ0v) is 24.8. The Kier molecular flexibility index (Phi) is 8.68. The molecule has 2 N–H and O–H groups in total. The summed E-state index contributed by atoms with van der Waals surface area (Å²) in [5.74, 6) is -1.20. The summed E-state index contributed by atoms with van der Waals surface area (Å²) in [7, 11) is 4.77. The first-order valence-corrected chi connectivity index (χ1v) is 13.9. The van der Waals surface area contributed by atoms with Crippen LogP contribution in [0.5, 0.6) is 0 Å². The normalized spacial score (nSPS) is 11.9. The van der Waals surface area contributed by atoms with Crippen molar-refractivity contribution in [2.75, 3.05) is 33.1 Å². The first-order valence-electron chi connectivity index (χ1n) is 13.9. The van der Waals surface area contributed by atoms with Gasteiger partial charge in [-0.1, -0.05) is 12.1 Å². The Labute approximate surface area is 252 Å². The molecule has 0 saturated heterocycles. The summed E-state index contributed by atoms with van der Waals surface area (Å²) >= 11 is 0. The van der Waals surface area contributed by atoms with Crippen LogP contribution in [0, 0.1) is 12.7 Å². The molecule has 1 atom stereocenters. The second kappa shape index (κ2) is 12.6. The molecule has 0 bridgehead atoms. The Bertz CT molecular complexity index is 1930. The zero-order chi connectivity index (χ0) is 31.5. The van der Waals surface area contributed by atoms with E-state index in [0.29, 0.717) is 28.1 Å². The average Bonchev–Trinajstić information content (AvgIpc) is 3.34. The van der Waals surface area contributed by atoms with Crippen LogP contribution in [0.25, 0.3) is 27.8 Å². The first kappa shape index (κ1) is 30.3. The van der Waals surface area contributed by atoms with Crippen LogP contribution in [0.2, 0.25) is 0 Å². The number of halogens is 2. The number of benzene rings is 2. The highest BCUT2D eigenvalue weighted by Crippen LogP contribution is 2.26. The van der Waals surface area contributed by atoms with Gasteiger partial charge in [0.25, 0.3) is 11.5 Å². The van der Waals surface area contributed by atoms with Crippen molar-refractivity contribution < 1.29 is 18.4 Å². The predicted octanol–water partition coefficient (Wildman–Crippen LogP) is 4.55. The molecule has 1 unspecified atom stereocenters. The van der Waals surface area contributed by atoms with E-state index in [2.05, 4.69) is 15.6 Å². The average molecular weight is 599 g/mol. The second-order valence-electron chi connectivity index (χ2n) is 10.7. The number of carbonyl (C=O) groups excluding carboxylic acids is 2. The number of fused-ring (bicyclic) bond motifs is 1. The smallest absolute Gasteiger partial charge is 0.275 e. The number of carbonyl (C=O) groups is 2. The molecule has 9 nitrogen and oxygen atoms in total. The van der Waals surface area contributed by atoms with Gasteiger partial charge in [-0.25, -0.2) is 8.78 Å². The lowest BCUT2D eigenvalue weighted by Crippen LogP contribution is -2.41. The summed E-state index contributed by atoms with van der Waals surface area (Å²) in [4.78, 5) is 45.1. The number of alkyl halides is 1. The van der Waals surface area contributed by atoms with Crippen molar-refractivity contribution >= 4 is 28.4 Å². The van der Waals surface area contributed by atoms with E-state index < -0.39 is 24.2 Å². The number of anilines is 1. The molecule has 2 amide bonds. The monoisotopic (exact) mass is 598 g/mol. The molecule has 5 aromatic rings. The number of pyridine rings is 2. The maximum Gasteiger partial charge on any atom is 0.275 e. The van der Waals surface area contributed by atoms with Crippen molar-refractivity contribution in [1.82, 2.24) is 24.3 Å². The van der Waals surface area contributed by atoms with E-state index in [0.717, 1.165) is 16.5 Å². The second-order valence-corrected chi connectivity index (χ2v) is 10.7. The van der Waals surface area contributed by atoms with Crippen LogP contribution in [0.1, 0.15) is 21.5 Å². The summed E-state index contributed by atoms with van der Waals surface area (Å²) in [6.07, 6.45) is 5.21. The number of hydrogen-bond donors (Lipinski definition) is 2. The van der Waals surface area contributed by atoms with Crippen LogP contribution in [-0.4, -0.2) is 64.7 Å². The Balaban J connectivity index is 1.60. The van der Waals surface area contributed by atoms with Gasteiger partial charge in [0.15, 0.2) is 0 Å². The third kappa shape index (κ3) is 6.00. The van der Waals surface area contributed by atoms with Crippen molar-refractivity contribution in [2.24, 2.45) is 0 Å². The van der Waals surface area contributed by atoms with Gasteiger partial charge in [-0.05, 0) is 79.2 Å². The van der Waals surface area contributed by atoms with Crippen molar-refractivity contribution in [3.8, 4) is 16.9 Å². The Hall–Kier alpha value is -5.16. The highest BCUT2D eigenvalue weighted by Gasteiger charge is 2.20. The molecule has 2 aromatic carbocycles. The molecule has 0 aliphatic rings. The number of likely N-dealkylation sites (N-methyl/N-ethyl adjacent to an activating group) is 1. The van der Waals surface area contributed by atoms with E-state index in [9.17, 15) is 23.2 Å². The minimum atomic E-state index is -1.12. The van der Waals surface area contributed by atoms with Gasteiger partial charge in [0, 0.05) is 37.4 Å². The van der Waals surface area contributed by atoms with Crippen molar-refractivity contribution in [2.45, 2.75) is 19.5 Å². The summed E-state index contributed by atoms with van der Waals surface area (Å²) in [6, 6.07) is 15.4. The third-order valence-corrected chi connectivity index (χ3v) is 7.43. The number of hydrogen-bond acceptors (Lipinski definition) is 5. The predicted molar refractivity (Wildman–Crippen MR) is 166 cm³/mol. The van der Waals surface area contributed by atoms with Gasteiger partial charge < -0.3 is 24.7 Å². The van der Waals surface area contributed by atoms with Gasteiger partial charge in [-0.15, -0.1) is 0 Å². The van der Waals surface area contributed by atoms with E-state index in [1.807, 2.05) is 23.8 Å². The fourth-order valence-corrected chi connectivity index (χ4v) is 5.11. The van der Waals surface area contributed by atoms with Crippen LogP contribution in [0.4, 0.5) is 14.5 Å². The number of nitrogens with one attached hydrogen (secondary N) is 2. The molecular weight excluding hydrogens is 566 g/mol. The molecule has 0 radical (unpaired) electrons. The standard InChI is InChI=1S/C33H32F2N6O3/c1-20-18-40(30-10-8-24(35)14-26(20)30)25-12-21(16-37-17-25)19-41-29(22-6-5-7-23(13-22)32(43)39(3)4)11-9-27(33(41)44)38-31(42)28(15-34)36-2/h5-14,16-18,28,36H,15,19H2,1-4H3,(H,38,42). The maximum atomic E-state index is 13.9. The molecular formula is C33H32F2N6O3. The van der Waals surface area contributed by atoms with Crippen LogP contribution >= 0.6 is 0 Å². The van der Waals surface area contributed by atoms with Crippen LogP contribution < -0.4 is 16.2 Å². The molecule has 44 heavy (non-hydrogen) atoms. The van der Waals surface area contributed by atoms with E-state index in [1.54, 1.807) is 62.9 Å². The van der Waals surface area contributed by atoms with Gasteiger partial charge in [0.1, 0.15) is 24.2 Å². The van der Waals surface area contributed by atoms with Gasteiger partial charge >= 0.3 is 0 Å². The van der Waals surface area contributed by atoms with Crippen molar-refractivity contribution in [3.63, 3.8) is 0 Å². The Morgan fingerprint density at radius 3 is 2.57 bits per heavy atom. The highest BCUT2D eigenvalue weighted by molar-refractivity contribution is 5.96. The van der Waals surface area contributed by atoms with Crippen LogP contribution in [0.3, 0.4) is 0 Å². The summed E-state index contributed by atoms with van der Waals surface area (Å²) in [5.41, 5.74) is 4.11. The van der Waals surface area contributed by atoms with E-state index in [-0.39, 0.29) is 24.0 Å². The quantitative estimate of drug-likeness (QED) is 0.259. The summed E-state index contributed by atoms with van der Waals surface area (Å²) in [5, 5.41) is 5.90. The van der Waals surface area contributed by atoms with Crippen LogP contribution in [0.15, 0.2) is 84.0 Å². The fourth-order valence-electron chi connectivity index (χ4n) is 5.11. The molecule has 0 fully saturated rings. The fraction of sp³-hybridized carbons (Fsp3) is 0.212. The van der Waals surface area contributed by atoms with Gasteiger partial charge in [0.2, 0.25) is 5.91 Å². The molecule has 226 valence electrons. The molecule has 3 heterocycles. The van der Waals surface area contributed by atoms with Gasteiger partial charge in [-0.2, -0.15) is 0 Å². The number of aryl methyl sites for hydroxylation is 1. The SMILES string of the molecule is CNC(CF)C(=O)Nc1ccc(-c2cccc(C(=O)N(C)C)c2)n(Cc2cncc(-n3cc(C)c4cc(F)ccc43)c2)c1=O. The first-order chi connectivity index (χ1) is 21.1. The van der Waals surface area contributed by atoms with Gasteiger partial charge in [0.05, 0.1) is 29.6 Å². The minimum absolute atomic E-state index is 0.0221. The van der Waals surface area contributed by atoms with E-state index >= 15 is 0 Å². The molecule has 0 spiro atoms. The largest absolute Gasteiger partial charge is 0.345 e. The lowest BCUT2D eigenvalue weighted by atomic mass is 10.1. The molecule has 0 aliphatic carbocycles. The highest BCUT2D eigenvalue weighted by atomic mass is 19.1. The van der Waals surface area contributed by atoms with Crippen LogP contribution in [-0.2, 0) is 11.3 Å². The van der Waals surface area contributed by atoms with Gasteiger partial charge in [-0.3, -0.25) is 19.4 Å². The molecule has 0 aliphatic heterocycles. The third-order valence-electron chi connectivity index (χ3n) is 7.43. The Morgan fingerprint density at radius 2 is 1.84 bits per heavy atom. The topological polar surface area (TPSA) is 101 Å². The lowest BCUT2D eigenvalue weighted by molar-refractivity contribution is -0.118. The minimum Gasteiger partial charge on any atom is -0.345 e. The number of nitrogens with zero attached hydrogens (tertiary/aromatic N) is 4. The number of rotatable bonds is 9. The molecule has 3 aromatic heterocycles. The molecule has 5 rings (SSSR count). The number of aromatic nitrogens is 3. The lowest BCUT2D eigenvalue weighted by Gasteiger charge is -2.18. The van der Waals surface area contributed by atoms with Crippen molar-refractivity contribution in [3.05, 3.63) is 112 Å². The summed E-state index contributed by atoms with van der Waals surface area (Å²) in [6.45, 7) is 1.02. The van der Waals surface area contributed by atoms with E-state index in [4.69, 9.17) is 0 Å². The Morgan fingerprint density at radius 1 is 1.05 bits per heavy atom. The molecule has 11 heteroatoms. The van der Waals surface area contributed by atoms with Crippen molar-refractivity contribution in [1.29, 1.82) is 0 Å². The maximum absolute atomic E-state index is 13.9. The molecule has 0 saturated carbocycles. The number of amides is 2. The summed E-state index contributed by atoms with van der Waals surface area (Å²) < 4.78 is 30.7. The zero-order valence-electron chi connectivity index (χ0n) is 24.8.